The molecule has 0 amide bonds. The third kappa shape index (κ3) is 2.29. The van der Waals surface area contributed by atoms with Crippen molar-refractivity contribution in [1.29, 1.82) is 0 Å². The zero-order chi connectivity index (χ0) is 10.5. The summed E-state index contributed by atoms with van der Waals surface area (Å²) < 4.78 is 5.24. The van der Waals surface area contributed by atoms with E-state index in [1.807, 2.05) is 48.5 Å². The van der Waals surface area contributed by atoms with Gasteiger partial charge in [-0.05, 0) is 30.3 Å². The summed E-state index contributed by atoms with van der Waals surface area (Å²) in [5, 5.41) is 3.27. The maximum Gasteiger partial charge on any atom is 0.142 e. The second kappa shape index (κ2) is 4.51. The predicted octanol–water partition coefficient (Wildman–Crippen LogP) is 3.24. The summed E-state index contributed by atoms with van der Waals surface area (Å²) >= 11 is 0. The number of benzene rings is 2. The Labute approximate surface area is 89.5 Å². The first-order valence-electron chi connectivity index (χ1n) is 4.76. The van der Waals surface area contributed by atoms with Gasteiger partial charge in [0, 0.05) is 5.69 Å². The van der Waals surface area contributed by atoms with Gasteiger partial charge in [0.1, 0.15) is 5.75 Å². The molecule has 75 valence electrons. The lowest BCUT2D eigenvalue weighted by molar-refractivity contribution is 0.417. The molecule has 2 aromatic carbocycles. The van der Waals surface area contributed by atoms with E-state index >= 15 is 0 Å². The average molecular weight is 198 g/mol. The second-order valence-electron chi connectivity index (χ2n) is 3.12. The van der Waals surface area contributed by atoms with Gasteiger partial charge in [0.05, 0.1) is 12.8 Å². The zero-order valence-corrected chi connectivity index (χ0v) is 8.53. The molecule has 1 radical (unpaired) electrons. The van der Waals surface area contributed by atoms with Crippen LogP contribution in [0.25, 0.3) is 0 Å². The van der Waals surface area contributed by atoms with E-state index in [-0.39, 0.29) is 0 Å². The summed E-state index contributed by atoms with van der Waals surface area (Å²) in [6.07, 6.45) is 0. The molecule has 2 nitrogen and oxygen atoms in total. The number of hydrogen-bond donors (Lipinski definition) is 1. The smallest absolute Gasteiger partial charge is 0.142 e. The van der Waals surface area contributed by atoms with E-state index in [0.29, 0.717) is 0 Å². The molecule has 0 aliphatic heterocycles. The van der Waals surface area contributed by atoms with E-state index in [1.165, 1.54) is 0 Å². The first kappa shape index (κ1) is 9.59. The summed E-state index contributed by atoms with van der Waals surface area (Å²) in [7, 11) is 1.66. The summed E-state index contributed by atoms with van der Waals surface area (Å²) in [5.41, 5.74) is 1.96. The minimum atomic E-state index is 0.835. The van der Waals surface area contributed by atoms with E-state index in [1.54, 1.807) is 7.11 Å². The standard InChI is InChI=1S/C13H12NO/c1-15-13-10-6-5-9-12(13)14-11-7-3-2-4-8-11/h2-3,5-10,14H,1H3. The molecule has 0 unspecified atom stereocenters. The highest BCUT2D eigenvalue weighted by Gasteiger charge is 2.00. The highest BCUT2D eigenvalue weighted by Crippen LogP contribution is 2.26. The van der Waals surface area contributed by atoms with Gasteiger partial charge in [0.25, 0.3) is 0 Å². The van der Waals surface area contributed by atoms with Crippen molar-refractivity contribution < 1.29 is 4.74 Å². The summed E-state index contributed by atoms with van der Waals surface area (Å²) in [6.45, 7) is 0. The summed E-state index contributed by atoms with van der Waals surface area (Å²) in [6, 6.07) is 18.5. The van der Waals surface area contributed by atoms with Crippen molar-refractivity contribution in [3.05, 3.63) is 54.6 Å². The molecule has 0 fully saturated rings. The number of nitrogens with one attached hydrogen (secondary N) is 1. The van der Waals surface area contributed by atoms with Crippen LogP contribution in [0.4, 0.5) is 11.4 Å². The zero-order valence-electron chi connectivity index (χ0n) is 8.53. The lowest BCUT2D eigenvalue weighted by atomic mass is 10.2. The SMILES string of the molecule is COc1ccccc1Nc1c[c]ccc1. The van der Waals surface area contributed by atoms with Crippen LogP contribution >= 0.6 is 0 Å². The molecule has 0 aliphatic carbocycles. The van der Waals surface area contributed by atoms with Gasteiger partial charge < -0.3 is 10.1 Å². The first-order chi connectivity index (χ1) is 7.40. The lowest BCUT2D eigenvalue weighted by Crippen LogP contribution is -1.93. The molecular formula is C13H12NO. The Kier molecular flexibility index (Phi) is 2.88. The molecule has 0 heterocycles. The molecule has 0 aromatic heterocycles. The second-order valence-corrected chi connectivity index (χ2v) is 3.12. The van der Waals surface area contributed by atoms with Crippen molar-refractivity contribution in [3.63, 3.8) is 0 Å². The fraction of sp³-hybridized carbons (Fsp3) is 0.0769. The highest BCUT2D eigenvalue weighted by atomic mass is 16.5. The van der Waals surface area contributed by atoms with Gasteiger partial charge in [-0.15, -0.1) is 0 Å². The Hall–Kier alpha value is -1.96. The molecule has 15 heavy (non-hydrogen) atoms. The predicted molar refractivity (Wildman–Crippen MR) is 61.6 cm³/mol. The first-order valence-corrected chi connectivity index (χ1v) is 4.76. The molecule has 1 N–H and O–H groups in total. The van der Waals surface area contributed by atoms with Gasteiger partial charge >= 0.3 is 0 Å². The maximum atomic E-state index is 5.24. The Morgan fingerprint density at radius 1 is 1.13 bits per heavy atom. The lowest BCUT2D eigenvalue weighted by Gasteiger charge is -2.10. The summed E-state index contributed by atoms with van der Waals surface area (Å²) in [5.74, 6) is 0.835. The van der Waals surface area contributed by atoms with E-state index in [2.05, 4.69) is 11.4 Å². The van der Waals surface area contributed by atoms with Gasteiger partial charge in [-0.25, -0.2) is 0 Å². The van der Waals surface area contributed by atoms with Gasteiger partial charge in [0.15, 0.2) is 0 Å². The summed E-state index contributed by atoms with van der Waals surface area (Å²) in [4.78, 5) is 0. The number of para-hydroxylation sites is 2. The molecule has 2 heteroatoms. The molecule has 0 aliphatic rings. The number of rotatable bonds is 3. The topological polar surface area (TPSA) is 21.3 Å². The fourth-order valence-electron chi connectivity index (χ4n) is 1.37. The van der Waals surface area contributed by atoms with Crippen LogP contribution < -0.4 is 10.1 Å². The van der Waals surface area contributed by atoms with Crippen molar-refractivity contribution in [2.24, 2.45) is 0 Å². The Balaban J connectivity index is 2.24. The Morgan fingerprint density at radius 3 is 2.73 bits per heavy atom. The maximum absolute atomic E-state index is 5.24. The molecule has 2 aromatic rings. The quantitative estimate of drug-likeness (QED) is 0.817. The van der Waals surface area contributed by atoms with Crippen LogP contribution in [0.3, 0.4) is 0 Å². The van der Waals surface area contributed by atoms with E-state index in [9.17, 15) is 0 Å². The van der Waals surface area contributed by atoms with Crippen LogP contribution in [0, 0.1) is 6.07 Å². The highest BCUT2D eigenvalue weighted by molar-refractivity contribution is 5.65. The van der Waals surface area contributed by atoms with Crippen LogP contribution in [0.2, 0.25) is 0 Å². The molecule has 0 bridgehead atoms. The van der Waals surface area contributed by atoms with Crippen LogP contribution in [0.5, 0.6) is 5.75 Å². The van der Waals surface area contributed by atoms with Crippen LogP contribution in [-0.2, 0) is 0 Å². The van der Waals surface area contributed by atoms with Crippen molar-refractivity contribution in [1.82, 2.24) is 0 Å². The van der Waals surface area contributed by atoms with Crippen molar-refractivity contribution in [3.8, 4) is 5.75 Å². The molecule has 0 spiro atoms. The molecule has 2 rings (SSSR count). The van der Waals surface area contributed by atoms with Crippen molar-refractivity contribution >= 4 is 11.4 Å². The van der Waals surface area contributed by atoms with E-state index in [4.69, 9.17) is 4.74 Å². The van der Waals surface area contributed by atoms with Gasteiger partial charge in [-0.3, -0.25) is 0 Å². The largest absolute Gasteiger partial charge is 0.495 e. The minimum absolute atomic E-state index is 0.835. The number of methoxy groups -OCH3 is 1. The average Bonchev–Trinajstić information content (AvgIpc) is 2.31. The minimum Gasteiger partial charge on any atom is -0.495 e. The van der Waals surface area contributed by atoms with Gasteiger partial charge in [-0.1, -0.05) is 24.3 Å². The monoisotopic (exact) mass is 198 g/mol. The van der Waals surface area contributed by atoms with Crippen molar-refractivity contribution in [2.45, 2.75) is 0 Å². The third-order valence-corrected chi connectivity index (χ3v) is 2.09. The molecule has 0 atom stereocenters. The normalized spacial score (nSPS) is 9.67. The number of ether oxygens (including phenoxy) is 1. The van der Waals surface area contributed by atoms with Crippen molar-refractivity contribution in [2.75, 3.05) is 12.4 Å². The van der Waals surface area contributed by atoms with Crippen LogP contribution in [-0.4, -0.2) is 7.11 Å². The van der Waals surface area contributed by atoms with Gasteiger partial charge in [0.2, 0.25) is 0 Å². The Bertz CT molecular complexity index is 426. The van der Waals surface area contributed by atoms with Gasteiger partial charge in [-0.2, -0.15) is 0 Å². The number of hydrogen-bond acceptors (Lipinski definition) is 2. The fourth-order valence-corrected chi connectivity index (χ4v) is 1.37. The van der Waals surface area contributed by atoms with Crippen LogP contribution in [0.15, 0.2) is 48.5 Å². The van der Waals surface area contributed by atoms with E-state index in [0.717, 1.165) is 17.1 Å². The third-order valence-electron chi connectivity index (χ3n) is 2.09. The van der Waals surface area contributed by atoms with Crippen LogP contribution in [0.1, 0.15) is 0 Å². The molecule has 0 saturated heterocycles. The molecular weight excluding hydrogens is 186 g/mol. The Morgan fingerprint density at radius 2 is 2.00 bits per heavy atom. The molecule has 0 saturated carbocycles. The van der Waals surface area contributed by atoms with E-state index < -0.39 is 0 Å². The number of anilines is 2.